The topological polar surface area (TPSA) is 43.3 Å². The standard InChI is InChI=1S/C17H20ClN5O/c1-13-14(3-2-4-16(13)21-5-7-24-8-6-21)10-23-17-11-22(18)12-19-15(17)9-20-23/h2-4,9,11-12,20H,5-8,10H2,1H3. The summed E-state index contributed by atoms with van der Waals surface area (Å²) in [5.74, 6) is 0. The van der Waals surface area contributed by atoms with Gasteiger partial charge in [-0.15, -0.1) is 0 Å². The number of hydrogen-bond donors (Lipinski definition) is 1. The Kier molecular flexibility index (Phi) is 4.08. The average Bonchev–Trinajstić information content (AvgIpc) is 3.00. The summed E-state index contributed by atoms with van der Waals surface area (Å²) < 4.78 is 6.91. The summed E-state index contributed by atoms with van der Waals surface area (Å²) >= 11 is 6.02. The lowest BCUT2D eigenvalue weighted by Crippen LogP contribution is -2.37. The van der Waals surface area contributed by atoms with E-state index < -0.39 is 0 Å². The highest BCUT2D eigenvalue weighted by atomic mass is 35.5. The van der Waals surface area contributed by atoms with Gasteiger partial charge in [-0.25, -0.2) is 9.41 Å². The first-order valence-corrected chi connectivity index (χ1v) is 8.42. The molecule has 0 radical (unpaired) electrons. The van der Waals surface area contributed by atoms with Crippen LogP contribution < -0.4 is 10.3 Å². The van der Waals surface area contributed by atoms with Gasteiger partial charge in [-0.3, -0.25) is 5.01 Å². The van der Waals surface area contributed by atoms with Crippen molar-refractivity contribution in [2.75, 3.05) is 31.2 Å². The molecule has 0 spiro atoms. The number of nitrogens with one attached hydrogen (secondary N) is 1. The zero-order valence-electron chi connectivity index (χ0n) is 13.6. The number of morpholine rings is 1. The number of ether oxygens (including phenoxy) is 1. The zero-order chi connectivity index (χ0) is 16.5. The molecule has 0 unspecified atom stereocenters. The highest BCUT2D eigenvalue weighted by Gasteiger charge is 2.24. The Balaban J connectivity index is 1.55. The van der Waals surface area contributed by atoms with Crippen molar-refractivity contribution in [3.8, 4) is 0 Å². The Bertz CT molecular complexity index is 724. The van der Waals surface area contributed by atoms with Crippen LogP contribution >= 0.6 is 11.8 Å². The van der Waals surface area contributed by atoms with E-state index in [9.17, 15) is 0 Å². The molecule has 4 rings (SSSR count). The van der Waals surface area contributed by atoms with Crippen LogP contribution in [-0.4, -0.2) is 42.1 Å². The van der Waals surface area contributed by atoms with Crippen LogP contribution in [0.1, 0.15) is 11.1 Å². The van der Waals surface area contributed by atoms with E-state index in [1.807, 2.05) is 12.4 Å². The fourth-order valence-electron chi connectivity index (χ4n) is 3.22. The first-order valence-electron chi connectivity index (χ1n) is 8.08. The molecule has 7 heteroatoms. The van der Waals surface area contributed by atoms with Crippen molar-refractivity contribution < 1.29 is 4.74 Å². The smallest absolute Gasteiger partial charge is 0.111 e. The number of nitrogens with zero attached hydrogens (tertiary/aromatic N) is 4. The van der Waals surface area contributed by atoms with Crippen molar-refractivity contribution in [3.63, 3.8) is 0 Å². The lowest BCUT2D eigenvalue weighted by atomic mass is 10.0. The van der Waals surface area contributed by atoms with Crippen LogP contribution in [0.4, 0.5) is 5.69 Å². The van der Waals surface area contributed by atoms with Crippen LogP contribution in [0.3, 0.4) is 0 Å². The lowest BCUT2D eigenvalue weighted by molar-refractivity contribution is 0.122. The molecule has 0 bridgehead atoms. The molecule has 0 amide bonds. The Hall–Kier alpha value is -2.18. The second-order valence-corrected chi connectivity index (χ2v) is 6.40. The van der Waals surface area contributed by atoms with Gasteiger partial charge in [0.2, 0.25) is 0 Å². The van der Waals surface area contributed by atoms with Gasteiger partial charge in [0.25, 0.3) is 0 Å². The molecule has 3 heterocycles. The van der Waals surface area contributed by atoms with Crippen LogP contribution in [0.15, 0.2) is 47.0 Å². The fourth-order valence-corrected chi connectivity index (χ4v) is 3.35. The number of aliphatic imine (C=N–C) groups is 1. The maximum absolute atomic E-state index is 6.02. The van der Waals surface area contributed by atoms with Gasteiger partial charge in [0.1, 0.15) is 17.7 Å². The number of fused-ring (bicyclic) bond motifs is 1. The van der Waals surface area contributed by atoms with Gasteiger partial charge in [0, 0.05) is 36.8 Å². The second-order valence-electron chi connectivity index (χ2n) is 6.01. The molecule has 126 valence electrons. The molecule has 1 saturated heterocycles. The second kappa shape index (κ2) is 6.37. The summed E-state index contributed by atoms with van der Waals surface area (Å²) in [7, 11) is 0. The summed E-state index contributed by atoms with van der Waals surface area (Å²) in [5, 5.41) is 2.06. The van der Waals surface area contributed by atoms with Gasteiger partial charge < -0.3 is 15.1 Å². The maximum atomic E-state index is 6.02. The van der Waals surface area contributed by atoms with Crippen molar-refractivity contribution in [2.45, 2.75) is 13.5 Å². The third-order valence-corrected chi connectivity index (χ3v) is 4.75. The molecule has 0 atom stereocenters. The minimum Gasteiger partial charge on any atom is -0.378 e. The number of benzene rings is 1. The quantitative estimate of drug-likeness (QED) is 0.852. The molecular formula is C17H20ClN5O. The highest BCUT2D eigenvalue weighted by molar-refractivity contribution is 6.19. The van der Waals surface area contributed by atoms with Crippen LogP contribution in [0.5, 0.6) is 0 Å². The van der Waals surface area contributed by atoms with Gasteiger partial charge >= 0.3 is 0 Å². The Morgan fingerprint density at radius 3 is 2.96 bits per heavy atom. The minimum absolute atomic E-state index is 0.746. The van der Waals surface area contributed by atoms with E-state index in [0.717, 1.165) is 44.2 Å². The first kappa shape index (κ1) is 15.4. The number of anilines is 1. The number of hydrazine groups is 1. The van der Waals surface area contributed by atoms with E-state index in [2.05, 4.69) is 45.4 Å². The molecule has 1 aromatic rings. The molecule has 3 aliphatic rings. The Morgan fingerprint density at radius 1 is 1.29 bits per heavy atom. The van der Waals surface area contributed by atoms with E-state index >= 15 is 0 Å². The zero-order valence-corrected chi connectivity index (χ0v) is 14.3. The molecule has 0 saturated carbocycles. The number of hydrogen-bond acceptors (Lipinski definition) is 6. The normalized spacial score (nSPS) is 19.8. The van der Waals surface area contributed by atoms with Gasteiger partial charge in [0.05, 0.1) is 26.0 Å². The molecule has 1 fully saturated rings. The Labute approximate surface area is 146 Å². The SMILES string of the molecule is Cc1c(CN2NC=C3N=CN(Cl)C=C32)cccc1N1CCOCC1. The van der Waals surface area contributed by atoms with Crippen molar-refractivity contribution in [2.24, 2.45) is 4.99 Å². The fraction of sp³-hybridized carbons (Fsp3) is 0.353. The van der Waals surface area contributed by atoms with E-state index in [1.165, 1.54) is 21.2 Å². The average molecular weight is 346 g/mol. The number of halogens is 1. The van der Waals surface area contributed by atoms with Crippen LogP contribution in [0, 0.1) is 6.92 Å². The maximum Gasteiger partial charge on any atom is 0.111 e. The molecule has 1 aromatic carbocycles. The van der Waals surface area contributed by atoms with Gasteiger partial charge in [-0.1, -0.05) is 12.1 Å². The molecular weight excluding hydrogens is 326 g/mol. The van der Waals surface area contributed by atoms with Crippen LogP contribution in [0.25, 0.3) is 0 Å². The molecule has 1 N–H and O–H groups in total. The van der Waals surface area contributed by atoms with Crippen LogP contribution in [0.2, 0.25) is 0 Å². The summed E-state index contributed by atoms with van der Waals surface area (Å²) in [5.41, 5.74) is 9.01. The van der Waals surface area contributed by atoms with Crippen molar-refractivity contribution in [1.82, 2.24) is 14.9 Å². The first-order chi connectivity index (χ1) is 11.7. The summed E-state index contributed by atoms with van der Waals surface area (Å²) in [6.07, 6.45) is 5.35. The molecule has 6 nitrogen and oxygen atoms in total. The third kappa shape index (κ3) is 2.83. The molecule has 24 heavy (non-hydrogen) atoms. The molecule has 0 aliphatic carbocycles. The predicted octanol–water partition coefficient (Wildman–Crippen LogP) is 2.33. The summed E-state index contributed by atoms with van der Waals surface area (Å²) in [6.45, 7) is 6.40. The van der Waals surface area contributed by atoms with E-state index in [0.29, 0.717) is 0 Å². The van der Waals surface area contributed by atoms with Gasteiger partial charge in [-0.05, 0) is 24.1 Å². The van der Waals surface area contributed by atoms with E-state index in [1.54, 1.807) is 6.34 Å². The van der Waals surface area contributed by atoms with Gasteiger partial charge in [-0.2, -0.15) is 0 Å². The van der Waals surface area contributed by atoms with Crippen LogP contribution in [-0.2, 0) is 11.3 Å². The van der Waals surface area contributed by atoms with Gasteiger partial charge in [0.15, 0.2) is 0 Å². The molecule has 3 aliphatic heterocycles. The monoisotopic (exact) mass is 345 g/mol. The van der Waals surface area contributed by atoms with Crippen molar-refractivity contribution >= 4 is 23.8 Å². The summed E-state index contributed by atoms with van der Waals surface area (Å²) in [6, 6.07) is 6.48. The van der Waals surface area contributed by atoms with Crippen molar-refractivity contribution in [3.05, 3.63) is 53.1 Å². The number of rotatable bonds is 3. The molecule has 0 aromatic heterocycles. The third-order valence-electron chi connectivity index (χ3n) is 4.56. The van der Waals surface area contributed by atoms with E-state index in [4.69, 9.17) is 16.5 Å². The van der Waals surface area contributed by atoms with E-state index in [-0.39, 0.29) is 0 Å². The van der Waals surface area contributed by atoms with Crippen molar-refractivity contribution in [1.29, 1.82) is 0 Å². The minimum atomic E-state index is 0.746. The predicted molar refractivity (Wildman–Crippen MR) is 95.2 cm³/mol. The Morgan fingerprint density at radius 2 is 2.12 bits per heavy atom. The highest BCUT2D eigenvalue weighted by Crippen LogP contribution is 2.29. The summed E-state index contributed by atoms with van der Waals surface area (Å²) in [4.78, 5) is 6.71. The largest absolute Gasteiger partial charge is 0.378 e. The lowest BCUT2D eigenvalue weighted by Gasteiger charge is -2.31.